The van der Waals surface area contributed by atoms with Crippen LogP contribution >= 0.6 is 0 Å². The number of carbonyl (C=O) groups is 17. The molecule has 43 heteroatoms. The van der Waals surface area contributed by atoms with Crippen LogP contribution in [0.15, 0.2) is 78.9 Å². The topological polar surface area (TPSA) is 543 Å². The number of benzene rings is 3. The molecule has 7 unspecified atom stereocenters. The van der Waals surface area contributed by atoms with Gasteiger partial charge in [-0.3, -0.25) is 81.5 Å². The molecule has 16 atom stereocenters. The van der Waals surface area contributed by atoms with Crippen LogP contribution in [0.25, 0.3) is 0 Å². The quantitative estimate of drug-likeness (QED) is 0.0190. The summed E-state index contributed by atoms with van der Waals surface area (Å²) in [7, 11) is 3.12. The van der Waals surface area contributed by atoms with E-state index in [2.05, 4.69) is 26.6 Å². The van der Waals surface area contributed by atoms with Gasteiger partial charge in [0.15, 0.2) is 55.5 Å². The van der Waals surface area contributed by atoms with Crippen LogP contribution in [-0.4, -0.2) is 314 Å². The Kier molecular flexibility index (Phi) is 51.4. The largest absolute Gasteiger partial charge is 0.497 e. The van der Waals surface area contributed by atoms with Gasteiger partial charge in [-0.05, 0) is 118 Å². The maximum absolute atomic E-state index is 14.6. The van der Waals surface area contributed by atoms with Gasteiger partial charge < -0.3 is 127 Å². The lowest BCUT2D eigenvalue weighted by Gasteiger charge is -2.44. The van der Waals surface area contributed by atoms with Crippen LogP contribution in [0.1, 0.15) is 215 Å². The summed E-state index contributed by atoms with van der Waals surface area (Å²) in [6.45, 7) is 12.4. The van der Waals surface area contributed by atoms with Crippen molar-refractivity contribution in [3.63, 3.8) is 0 Å². The summed E-state index contributed by atoms with van der Waals surface area (Å²) in [5.41, 5.74) is 0.955. The lowest BCUT2D eigenvalue weighted by molar-refractivity contribution is -0.277. The van der Waals surface area contributed by atoms with Crippen LogP contribution < -0.4 is 36.1 Å². The van der Waals surface area contributed by atoms with E-state index in [0.29, 0.717) is 37.2 Å². The number of hydrogen-bond donors (Lipinski definition) is 6. The Morgan fingerprint density at radius 3 is 1.03 bits per heavy atom. The fourth-order valence-electron chi connectivity index (χ4n) is 16.2. The number of carbonyl (C=O) groups excluding carboxylic acids is 17. The van der Waals surface area contributed by atoms with E-state index in [0.717, 1.165) is 79.0 Å². The Bertz CT molecular complexity index is 4460. The van der Waals surface area contributed by atoms with Crippen molar-refractivity contribution in [3.05, 3.63) is 95.6 Å². The maximum atomic E-state index is 14.6. The number of rotatable bonds is 61. The van der Waals surface area contributed by atoms with E-state index in [1.807, 2.05) is 78.9 Å². The fourth-order valence-corrected chi connectivity index (χ4v) is 16.2. The minimum atomic E-state index is -1.39. The third kappa shape index (κ3) is 41.1. The molecular weight excluding hydrogens is 1840 g/mol. The summed E-state index contributed by atoms with van der Waals surface area (Å²) in [5.74, 6) is -8.82. The first-order valence-corrected chi connectivity index (χ1v) is 47.1. The summed E-state index contributed by atoms with van der Waals surface area (Å²) in [6.07, 6.45) is -13.6. The molecule has 3 fully saturated rings. The summed E-state index contributed by atoms with van der Waals surface area (Å²) >= 11 is 0. The number of nitrogens with one attached hydrogen (secondary N) is 5. The van der Waals surface area contributed by atoms with Gasteiger partial charge in [0.1, 0.15) is 79.1 Å². The minimum Gasteiger partial charge on any atom is -0.497 e. The van der Waals surface area contributed by atoms with Crippen molar-refractivity contribution in [2.24, 2.45) is 0 Å². The number of ether oxygens (including phenoxy) is 18. The van der Waals surface area contributed by atoms with Crippen molar-refractivity contribution < 1.29 is 172 Å². The average molecular weight is 1980 g/mol. The second-order valence-corrected chi connectivity index (χ2v) is 33.9. The first kappa shape index (κ1) is 117. The predicted molar refractivity (Wildman–Crippen MR) is 491 cm³/mol. The highest BCUT2D eigenvalue weighted by Crippen LogP contribution is 2.42. The highest BCUT2D eigenvalue weighted by atomic mass is 16.7. The van der Waals surface area contributed by atoms with Crippen LogP contribution in [-0.2, 0) is 163 Å². The zero-order valence-corrected chi connectivity index (χ0v) is 82.3. The number of aliphatic hydroxyl groups is 1. The van der Waals surface area contributed by atoms with Crippen LogP contribution in [0.5, 0.6) is 11.5 Å². The molecule has 3 aromatic rings. The number of nitrogens with zero attached hydrogens (tertiary/aromatic N) is 2. The minimum absolute atomic E-state index is 0.0112. The second-order valence-electron chi connectivity index (χ2n) is 33.9. The first-order valence-electron chi connectivity index (χ1n) is 47.1. The smallest absolute Gasteiger partial charge is 0.303 e. The summed E-state index contributed by atoms with van der Waals surface area (Å²) in [6, 6.07) is 20.5. The van der Waals surface area contributed by atoms with Crippen LogP contribution in [0.2, 0.25) is 0 Å². The van der Waals surface area contributed by atoms with Crippen molar-refractivity contribution in [1.29, 1.82) is 0 Å². The molecule has 0 spiro atoms. The van der Waals surface area contributed by atoms with Gasteiger partial charge in [0.25, 0.3) is 0 Å². The normalized spacial score (nSPS) is 21.1. The van der Waals surface area contributed by atoms with Gasteiger partial charge in [-0.15, -0.1) is 0 Å². The highest BCUT2D eigenvalue weighted by Gasteiger charge is 2.55. The van der Waals surface area contributed by atoms with Gasteiger partial charge in [0.2, 0.25) is 41.4 Å². The molecule has 140 heavy (non-hydrogen) atoms. The van der Waals surface area contributed by atoms with Crippen molar-refractivity contribution in [2.45, 2.75) is 302 Å². The molecule has 0 aliphatic carbocycles. The second kappa shape index (κ2) is 61.6. The van der Waals surface area contributed by atoms with Gasteiger partial charge in [-0.1, -0.05) is 54.6 Å². The Hall–Kier alpha value is -11.9. The third-order valence-corrected chi connectivity index (χ3v) is 22.4. The molecule has 43 nitrogen and oxygen atoms in total. The lowest BCUT2D eigenvalue weighted by atomic mass is 9.80. The van der Waals surface area contributed by atoms with Crippen LogP contribution in [0.4, 0.5) is 0 Å². The Balaban J connectivity index is 1.17. The Labute approximate surface area is 814 Å². The van der Waals surface area contributed by atoms with Crippen molar-refractivity contribution in [1.82, 2.24) is 36.4 Å². The summed E-state index contributed by atoms with van der Waals surface area (Å²) < 4.78 is 103. The molecule has 6 N–H and O–H groups in total. The number of unbranched alkanes of at least 4 members (excludes halogenated alkanes) is 5. The molecule has 7 amide bonds. The molecule has 3 heterocycles. The SMILES string of the molecule is COc1ccc(C(OCC(O)CNC(=O)CCCCC(=O)N(CCCNC(=O)CCCCO[C@@H]2OC(COC(C)=O)[C@H](OC(C)=O)[C@H](OC(C)=O)C2NC(C)=O)CCCN(CCCCC(=O)CCCCO[C@@H]2OC(COC(C)=O)[C@H](OC(C)=O)[C@H](OC(C)=O)C2NC(C)=O)C(=O)CCCCO[C@@H]2OC(COC(C)=O)[C@H](OC(C)=O)[C@H](OC(C)=O)C2NC(C)=O)(c2ccccc2)c2ccc(OC)cc2)cc1. The van der Waals surface area contributed by atoms with E-state index in [4.69, 9.17) is 85.3 Å². The first-order chi connectivity index (χ1) is 66.7. The number of amides is 7. The van der Waals surface area contributed by atoms with Crippen molar-refractivity contribution in [2.75, 3.05) is 99.7 Å². The molecule has 3 saturated heterocycles. The lowest BCUT2D eigenvalue weighted by Crippen LogP contribution is -2.66. The molecule has 778 valence electrons. The molecule has 3 aliphatic rings. The average Bonchev–Trinajstić information content (AvgIpc) is 0.753. The molecule has 0 bridgehead atoms. The predicted octanol–water partition coefficient (Wildman–Crippen LogP) is 4.87. The van der Waals surface area contributed by atoms with E-state index >= 15 is 0 Å². The van der Waals surface area contributed by atoms with E-state index in [-0.39, 0.29) is 179 Å². The van der Waals surface area contributed by atoms with E-state index < -0.39 is 201 Å². The van der Waals surface area contributed by atoms with Crippen molar-refractivity contribution >= 4 is 101 Å². The van der Waals surface area contributed by atoms with Gasteiger partial charge in [-0.25, -0.2) is 0 Å². The number of esters is 9. The van der Waals surface area contributed by atoms with Gasteiger partial charge >= 0.3 is 53.7 Å². The van der Waals surface area contributed by atoms with Gasteiger partial charge in [-0.2, -0.15) is 0 Å². The van der Waals surface area contributed by atoms with Crippen LogP contribution in [0, 0.1) is 0 Å². The highest BCUT2D eigenvalue weighted by molar-refractivity contribution is 5.80. The third-order valence-electron chi connectivity index (χ3n) is 22.4. The maximum Gasteiger partial charge on any atom is 0.303 e. The molecule has 3 aliphatic heterocycles. The number of aliphatic hydroxyl groups excluding tert-OH is 1. The number of ketones is 1. The zero-order chi connectivity index (χ0) is 103. The van der Waals surface area contributed by atoms with Gasteiger partial charge in [0, 0.05) is 181 Å². The Morgan fingerprint density at radius 1 is 0.357 bits per heavy atom. The fraction of sp³-hybridized carbons (Fsp3) is 0.639. The monoisotopic (exact) mass is 1980 g/mol. The number of Topliss-reactive ketones (excluding diaryl/α,β-unsaturated/α-hetero) is 1. The van der Waals surface area contributed by atoms with E-state index in [9.17, 15) is 86.6 Å². The number of hydrogen-bond acceptors (Lipinski definition) is 36. The molecular formula is C97H139N7O36. The molecule has 6 rings (SSSR count). The summed E-state index contributed by atoms with van der Waals surface area (Å²) in [5, 5.41) is 25.2. The zero-order valence-electron chi connectivity index (χ0n) is 82.3. The van der Waals surface area contributed by atoms with E-state index in [1.54, 1.807) is 24.0 Å². The standard InChI is InChI=1S/C97H139N7O36/c1-59(105)100-85-91(135-68(10)114)88(132-65(7)111)78(56-128-62(4)108)138-94(85)125-51-25-21-33-74(117)32-20-24-47-103(84(122)37-23-27-53-127-96-87(102-61(3)107)93(137-70(12)116)90(134-67(9)113)80(140-96)58-130-64(6)110)49-29-50-104(48-28-46-98-81(119)35-22-26-52-126-95-86(101-60(2)106)92(136-69(11)115)89(133-66(8)112)79(139-95)57-129-63(5)109)83(121)36-19-18-34-82(120)99-54-75(118)55-131-97(71-30-16-15-17-31-71,72-38-42-76(123-13)43-39-72)73-40-44-77(124-14)45-41-73/h15-17,30-31,38-45,75,78-80,85-96,118H,18-29,32-37,46-58H2,1-14H3,(H,98,119)(H,99,120)(H,100,105)(H,101,106)(H,102,107)/t75?,78?,79?,80?,85?,86?,87?,88-,89-,90-,91+,92+,93+,94+,95+,96+/m0/s1. The van der Waals surface area contributed by atoms with Crippen molar-refractivity contribution in [3.8, 4) is 11.5 Å². The van der Waals surface area contributed by atoms with Gasteiger partial charge in [0.05, 0.1) is 26.9 Å². The summed E-state index contributed by atoms with van der Waals surface area (Å²) in [4.78, 5) is 221. The molecule has 3 aromatic carbocycles. The van der Waals surface area contributed by atoms with Crippen LogP contribution in [0.3, 0.4) is 0 Å². The molecule has 0 aromatic heterocycles. The van der Waals surface area contributed by atoms with E-state index in [1.165, 1.54) is 20.8 Å². The molecule has 0 saturated carbocycles. The number of methoxy groups -OCH3 is 2. The molecule has 0 radical (unpaired) electrons. The Morgan fingerprint density at radius 2 is 0.671 bits per heavy atom.